The van der Waals surface area contributed by atoms with Crippen LogP contribution in [-0.4, -0.2) is 30.3 Å². The lowest BCUT2D eigenvalue weighted by molar-refractivity contribution is -0.128. The number of aryl methyl sites for hydroxylation is 1. The molecule has 138 valence electrons. The van der Waals surface area contributed by atoms with E-state index in [2.05, 4.69) is 10.1 Å². The van der Waals surface area contributed by atoms with Gasteiger partial charge in [-0.3, -0.25) is 0 Å². The SMILES string of the molecule is COc1cccc(/C=C/C(=O)Oc2ccc(-c3noc(C)n3)cc2)c1OC. The van der Waals surface area contributed by atoms with Gasteiger partial charge in [-0.2, -0.15) is 4.98 Å². The van der Waals surface area contributed by atoms with Crippen molar-refractivity contribution in [2.45, 2.75) is 6.92 Å². The molecule has 0 bridgehead atoms. The summed E-state index contributed by atoms with van der Waals surface area (Å²) >= 11 is 0. The Morgan fingerprint density at radius 3 is 2.48 bits per heavy atom. The average Bonchev–Trinajstić information content (AvgIpc) is 3.12. The zero-order valence-corrected chi connectivity index (χ0v) is 15.1. The second-order valence-corrected chi connectivity index (χ2v) is 5.50. The average molecular weight is 366 g/mol. The molecule has 0 spiro atoms. The summed E-state index contributed by atoms with van der Waals surface area (Å²) in [5.41, 5.74) is 1.47. The van der Waals surface area contributed by atoms with E-state index in [0.29, 0.717) is 34.5 Å². The maximum atomic E-state index is 12.1. The number of para-hydroxylation sites is 1. The van der Waals surface area contributed by atoms with E-state index in [4.69, 9.17) is 18.7 Å². The third kappa shape index (κ3) is 4.33. The van der Waals surface area contributed by atoms with Crippen molar-refractivity contribution >= 4 is 12.0 Å². The predicted octanol–water partition coefficient (Wildman–Crippen LogP) is 3.68. The van der Waals surface area contributed by atoms with Crippen LogP contribution < -0.4 is 14.2 Å². The molecule has 7 nitrogen and oxygen atoms in total. The summed E-state index contributed by atoms with van der Waals surface area (Å²) in [4.78, 5) is 16.2. The highest BCUT2D eigenvalue weighted by Gasteiger charge is 2.09. The largest absolute Gasteiger partial charge is 0.493 e. The Hall–Kier alpha value is -3.61. The molecule has 0 fully saturated rings. The number of aromatic nitrogens is 2. The fourth-order valence-electron chi connectivity index (χ4n) is 2.44. The molecule has 0 aliphatic carbocycles. The Morgan fingerprint density at radius 2 is 1.85 bits per heavy atom. The molecule has 27 heavy (non-hydrogen) atoms. The van der Waals surface area contributed by atoms with Crippen LogP contribution in [0.15, 0.2) is 53.1 Å². The molecule has 3 rings (SSSR count). The van der Waals surface area contributed by atoms with E-state index in [9.17, 15) is 4.79 Å². The summed E-state index contributed by atoms with van der Waals surface area (Å²) in [6.07, 6.45) is 2.94. The van der Waals surface area contributed by atoms with Crippen molar-refractivity contribution in [1.82, 2.24) is 10.1 Å². The molecule has 0 saturated carbocycles. The molecule has 3 aromatic rings. The van der Waals surface area contributed by atoms with Gasteiger partial charge in [0.25, 0.3) is 0 Å². The molecular formula is C20H18N2O5. The van der Waals surface area contributed by atoms with Gasteiger partial charge in [-0.25, -0.2) is 4.79 Å². The number of carbonyl (C=O) groups excluding carboxylic acids is 1. The molecule has 7 heteroatoms. The van der Waals surface area contributed by atoms with E-state index in [0.717, 1.165) is 5.56 Å². The third-order valence-corrected chi connectivity index (χ3v) is 3.69. The molecule has 0 saturated heterocycles. The maximum absolute atomic E-state index is 12.1. The standard InChI is InChI=1S/C20H18N2O5/c1-13-21-20(22-27-13)15-7-10-16(11-8-15)26-18(23)12-9-14-5-4-6-17(24-2)19(14)25-3/h4-12H,1-3H3/b12-9+. The summed E-state index contributed by atoms with van der Waals surface area (Å²) in [6, 6.07) is 12.2. The summed E-state index contributed by atoms with van der Waals surface area (Å²) in [6.45, 7) is 1.72. The fourth-order valence-corrected chi connectivity index (χ4v) is 2.44. The minimum absolute atomic E-state index is 0.409. The molecule has 0 aliphatic rings. The van der Waals surface area contributed by atoms with E-state index < -0.39 is 5.97 Å². The van der Waals surface area contributed by atoms with Crippen LogP contribution in [0.25, 0.3) is 17.5 Å². The van der Waals surface area contributed by atoms with E-state index >= 15 is 0 Å². The first-order chi connectivity index (χ1) is 13.1. The van der Waals surface area contributed by atoms with Crippen LogP contribution in [0.1, 0.15) is 11.5 Å². The van der Waals surface area contributed by atoms with Crippen molar-refractivity contribution in [3.63, 3.8) is 0 Å². The quantitative estimate of drug-likeness (QED) is 0.374. The fraction of sp³-hybridized carbons (Fsp3) is 0.150. The molecule has 0 atom stereocenters. The first-order valence-corrected chi connectivity index (χ1v) is 8.12. The smallest absolute Gasteiger partial charge is 0.336 e. The van der Waals surface area contributed by atoms with E-state index in [-0.39, 0.29) is 0 Å². The Kier molecular flexibility index (Phi) is 5.51. The minimum Gasteiger partial charge on any atom is -0.493 e. The van der Waals surface area contributed by atoms with Gasteiger partial charge in [0, 0.05) is 24.1 Å². The predicted molar refractivity (Wildman–Crippen MR) is 98.7 cm³/mol. The third-order valence-electron chi connectivity index (χ3n) is 3.69. The summed E-state index contributed by atoms with van der Waals surface area (Å²) in [7, 11) is 3.10. The van der Waals surface area contributed by atoms with Crippen molar-refractivity contribution in [3.8, 4) is 28.6 Å². The number of carbonyl (C=O) groups is 1. The maximum Gasteiger partial charge on any atom is 0.336 e. The van der Waals surface area contributed by atoms with Crippen LogP contribution in [0.5, 0.6) is 17.2 Å². The number of esters is 1. The zero-order chi connectivity index (χ0) is 19.2. The number of nitrogens with zero attached hydrogens (tertiary/aromatic N) is 2. The molecule has 0 radical (unpaired) electrons. The van der Waals surface area contributed by atoms with Gasteiger partial charge in [0.05, 0.1) is 14.2 Å². The molecular weight excluding hydrogens is 348 g/mol. The lowest BCUT2D eigenvalue weighted by Gasteiger charge is -2.09. The van der Waals surface area contributed by atoms with Gasteiger partial charge >= 0.3 is 5.97 Å². The topological polar surface area (TPSA) is 83.7 Å². The summed E-state index contributed by atoms with van der Waals surface area (Å²) in [5, 5.41) is 3.84. The van der Waals surface area contributed by atoms with Crippen LogP contribution >= 0.6 is 0 Å². The lowest BCUT2D eigenvalue weighted by Crippen LogP contribution is -2.03. The highest BCUT2D eigenvalue weighted by Crippen LogP contribution is 2.31. The van der Waals surface area contributed by atoms with Crippen LogP contribution in [0.3, 0.4) is 0 Å². The Morgan fingerprint density at radius 1 is 1.07 bits per heavy atom. The molecule has 0 unspecified atom stereocenters. The number of benzene rings is 2. The Balaban J connectivity index is 1.68. The Bertz CT molecular complexity index is 961. The van der Waals surface area contributed by atoms with Crippen molar-refractivity contribution in [2.24, 2.45) is 0 Å². The Labute approximate surface area is 156 Å². The van der Waals surface area contributed by atoms with Crippen molar-refractivity contribution in [2.75, 3.05) is 14.2 Å². The highest BCUT2D eigenvalue weighted by atomic mass is 16.5. The first-order valence-electron chi connectivity index (χ1n) is 8.12. The van der Waals surface area contributed by atoms with Gasteiger partial charge in [-0.15, -0.1) is 0 Å². The lowest BCUT2D eigenvalue weighted by atomic mass is 10.1. The number of hydrogen-bond donors (Lipinski definition) is 0. The highest BCUT2D eigenvalue weighted by molar-refractivity contribution is 5.89. The molecule has 1 heterocycles. The van der Waals surface area contributed by atoms with Gasteiger partial charge in [0.1, 0.15) is 5.75 Å². The normalized spacial score (nSPS) is 10.8. The molecule has 1 aromatic heterocycles. The van der Waals surface area contributed by atoms with Crippen LogP contribution in [0.2, 0.25) is 0 Å². The zero-order valence-electron chi connectivity index (χ0n) is 15.1. The van der Waals surface area contributed by atoms with Crippen LogP contribution in [-0.2, 0) is 4.79 Å². The molecule has 2 aromatic carbocycles. The second-order valence-electron chi connectivity index (χ2n) is 5.50. The first kappa shape index (κ1) is 18.2. The van der Waals surface area contributed by atoms with Crippen LogP contribution in [0.4, 0.5) is 0 Å². The van der Waals surface area contributed by atoms with E-state index in [1.807, 2.05) is 12.1 Å². The summed E-state index contributed by atoms with van der Waals surface area (Å²) < 4.78 is 20.8. The minimum atomic E-state index is -0.511. The van der Waals surface area contributed by atoms with E-state index in [1.54, 1.807) is 57.6 Å². The van der Waals surface area contributed by atoms with Gasteiger partial charge in [-0.1, -0.05) is 17.3 Å². The van der Waals surface area contributed by atoms with E-state index in [1.165, 1.54) is 6.08 Å². The molecule has 0 N–H and O–H groups in total. The number of ether oxygens (including phenoxy) is 3. The monoisotopic (exact) mass is 366 g/mol. The van der Waals surface area contributed by atoms with Gasteiger partial charge < -0.3 is 18.7 Å². The van der Waals surface area contributed by atoms with Crippen LogP contribution in [0, 0.1) is 6.92 Å². The van der Waals surface area contributed by atoms with Crippen molar-refractivity contribution < 1.29 is 23.5 Å². The van der Waals surface area contributed by atoms with Crippen molar-refractivity contribution in [1.29, 1.82) is 0 Å². The number of hydrogen-bond acceptors (Lipinski definition) is 7. The number of rotatable bonds is 6. The second kappa shape index (κ2) is 8.18. The van der Waals surface area contributed by atoms with Gasteiger partial charge in [0.15, 0.2) is 11.5 Å². The molecule has 0 amide bonds. The number of methoxy groups -OCH3 is 2. The molecule has 0 aliphatic heterocycles. The summed E-state index contributed by atoms with van der Waals surface area (Å²) in [5.74, 6) is 1.99. The van der Waals surface area contributed by atoms with Gasteiger partial charge in [0.2, 0.25) is 11.7 Å². The van der Waals surface area contributed by atoms with Gasteiger partial charge in [-0.05, 0) is 36.4 Å². The van der Waals surface area contributed by atoms with Crippen molar-refractivity contribution in [3.05, 3.63) is 60.0 Å².